The van der Waals surface area contributed by atoms with E-state index < -0.39 is 31.2 Å². The standard InChI is InChI=1S/C19H30N2O5S2/c1-14(2)21(4)28(25,26)16-10-8-9-15(13-16)19(22)20(3)17-11-6-7-12-18(17)27(5,23)24/h8-10,13-14,17-18H,6-7,11-12H2,1-5H3/t17-,18+/m1/s1. The van der Waals surface area contributed by atoms with E-state index in [0.29, 0.717) is 12.8 Å². The zero-order valence-electron chi connectivity index (χ0n) is 17.1. The van der Waals surface area contributed by atoms with E-state index in [0.717, 1.165) is 12.8 Å². The molecule has 0 saturated heterocycles. The number of carbonyl (C=O) groups excluding carboxylic acids is 1. The topological polar surface area (TPSA) is 91.8 Å². The van der Waals surface area contributed by atoms with Gasteiger partial charge in [0.25, 0.3) is 5.91 Å². The van der Waals surface area contributed by atoms with Crippen LogP contribution in [0.2, 0.25) is 0 Å². The Bertz CT molecular complexity index is 925. The van der Waals surface area contributed by atoms with E-state index >= 15 is 0 Å². The number of rotatable bonds is 6. The largest absolute Gasteiger partial charge is 0.337 e. The molecule has 2 atom stereocenters. The Hall–Kier alpha value is -1.45. The molecule has 0 N–H and O–H groups in total. The second-order valence-corrected chi connectivity index (χ2v) is 12.0. The Morgan fingerprint density at radius 1 is 1.07 bits per heavy atom. The fourth-order valence-electron chi connectivity index (χ4n) is 3.61. The summed E-state index contributed by atoms with van der Waals surface area (Å²) in [5, 5.41) is -0.589. The Morgan fingerprint density at radius 3 is 2.25 bits per heavy atom. The van der Waals surface area contributed by atoms with Gasteiger partial charge in [-0.25, -0.2) is 16.8 Å². The molecule has 0 aromatic heterocycles. The number of hydrogen-bond acceptors (Lipinski definition) is 5. The van der Waals surface area contributed by atoms with Gasteiger partial charge < -0.3 is 4.90 Å². The number of nitrogens with zero attached hydrogens (tertiary/aromatic N) is 2. The fourth-order valence-corrected chi connectivity index (χ4v) is 6.51. The molecule has 1 aromatic rings. The molecule has 1 aliphatic rings. The number of amides is 1. The molecule has 0 aliphatic heterocycles. The lowest BCUT2D eigenvalue weighted by atomic mass is 9.93. The Morgan fingerprint density at radius 2 is 1.68 bits per heavy atom. The van der Waals surface area contributed by atoms with Gasteiger partial charge in [-0.2, -0.15) is 4.31 Å². The van der Waals surface area contributed by atoms with Gasteiger partial charge in [0.05, 0.1) is 10.1 Å². The molecule has 1 aromatic carbocycles. The predicted molar refractivity (Wildman–Crippen MR) is 110 cm³/mol. The van der Waals surface area contributed by atoms with Crippen molar-refractivity contribution in [3.63, 3.8) is 0 Å². The Balaban J connectivity index is 2.34. The second-order valence-electron chi connectivity index (χ2n) is 7.78. The van der Waals surface area contributed by atoms with Crippen LogP contribution in [-0.2, 0) is 19.9 Å². The van der Waals surface area contributed by atoms with Crippen LogP contribution in [0.5, 0.6) is 0 Å². The summed E-state index contributed by atoms with van der Waals surface area (Å²) in [4.78, 5) is 14.5. The average Bonchev–Trinajstić information content (AvgIpc) is 2.65. The first-order valence-electron chi connectivity index (χ1n) is 9.41. The van der Waals surface area contributed by atoms with Gasteiger partial charge in [0, 0.05) is 38.0 Å². The van der Waals surface area contributed by atoms with Crippen molar-refractivity contribution in [3.05, 3.63) is 29.8 Å². The SMILES string of the molecule is CC(C)N(C)S(=O)(=O)c1cccc(C(=O)N(C)[C@@H]2CCCC[C@@H]2S(C)(=O)=O)c1. The second kappa shape index (κ2) is 8.51. The fraction of sp³-hybridized carbons (Fsp3) is 0.632. The number of sulfonamides is 1. The van der Waals surface area contributed by atoms with Gasteiger partial charge in [0.2, 0.25) is 10.0 Å². The maximum atomic E-state index is 13.0. The first-order chi connectivity index (χ1) is 12.9. The van der Waals surface area contributed by atoms with Crippen molar-refractivity contribution in [2.45, 2.75) is 61.8 Å². The molecular formula is C19H30N2O5S2. The van der Waals surface area contributed by atoms with Crippen molar-refractivity contribution >= 4 is 25.8 Å². The van der Waals surface area contributed by atoms with Gasteiger partial charge in [0.15, 0.2) is 9.84 Å². The predicted octanol–water partition coefficient (Wildman–Crippen LogP) is 2.14. The van der Waals surface area contributed by atoms with Gasteiger partial charge in [-0.1, -0.05) is 18.9 Å². The Labute approximate surface area is 168 Å². The van der Waals surface area contributed by atoms with Crippen molar-refractivity contribution in [2.75, 3.05) is 20.4 Å². The lowest BCUT2D eigenvalue weighted by Gasteiger charge is -2.37. The molecule has 1 fully saturated rings. The van der Waals surface area contributed by atoms with E-state index in [4.69, 9.17) is 0 Å². The van der Waals surface area contributed by atoms with Gasteiger partial charge >= 0.3 is 0 Å². The molecule has 158 valence electrons. The lowest BCUT2D eigenvalue weighted by molar-refractivity contribution is 0.0700. The lowest BCUT2D eigenvalue weighted by Crippen LogP contribution is -2.49. The highest BCUT2D eigenvalue weighted by Gasteiger charge is 2.37. The molecule has 1 aliphatic carbocycles. The van der Waals surface area contributed by atoms with Crippen LogP contribution in [0.25, 0.3) is 0 Å². The van der Waals surface area contributed by atoms with Gasteiger partial charge in [-0.15, -0.1) is 0 Å². The number of benzene rings is 1. The van der Waals surface area contributed by atoms with Gasteiger partial charge in [-0.3, -0.25) is 4.79 Å². The van der Waals surface area contributed by atoms with Crippen molar-refractivity contribution in [2.24, 2.45) is 0 Å². The monoisotopic (exact) mass is 430 g/mol. The third kappa shape index (κ3) is 4.75. The molecule has 7 nitrogen and oxygen atoms in total. The molecule has 0 heterocycles. The van der Waals surface area contributed by atoms with Crippen LogP contribution in [-0.4, -0.2) is 69.6 Å². The van der Waals surface area contributed by atoms with Gasteiger partial charge in [0.1, 0.15) is 0 Å². The molecule has 0 spiro atoms. The van der Waals surface area contributed by atoms with E-state index in [1.54, 1.807) is 27.0 Å². The molecule has 0 unspecified atom stereocenters. The van der Waals surface area contributed by atoms with E-state index in [9.17, 15) is 21.6 Å². The molecule has 1 saturated carbocycles. The maximum absolute atomic E-state index is 13.0. The maximum Gasteiger partial charge on any atom is 0.253 e. The minimum atomic E-state index is -3.71. The highest BCUT2D eigenvalue weighted by molar-refractivity contribution is 7.91. The number of sulfone groups is 1. The van der Waals surface area contributed by atoms with Crippen LogP contribution in [0.1, 0.15) is 49.9 Å². The smallest absolute Gasteiger partial charge is 0.253 e. The third-order valence-corrected chi connectivity index (χ3v) is 9.20. The summed E-state index contributed by atoms with van der Waals surface area (Å²) in [5.74, 6) is -0.371. The molecule has 9 heteroatoms. The summed E-state index contributed by atoms with van der Waals surface area (Å²) in [6, 6.07) is 5.30. The minimum Gasteiger partial charge on any atom is -0.337 e. The van der Waals surface area contributed by atoms with Crippen LogP contribution in [0, 0.1) is 0 Å². The summed E-state index contributed by atoms with van der Waals surface area (Å²) in [6.07, 6.45) is 4.06. The molecule has 0 radical (unpaired) electrons. The van der Waals surface area contributed by atoms with Crippen LogP contribution >= 0.6 is 0 Å². The van der Waals surface area contributed by atoms with Crippen LogP contribution < -0.4 is 0 Å². The first-order valence-corrected chi connectivity index (χ1v) is 12.8. The van der Waals surface area contributed by atoms with E-state index in [1.165, 1.54) is 40.7 Å². The summed E-state index contributed by atoms with van der Waals surface area (Å²) >= 11 is 0. The van der Waals surface area contributed by atoms with Crippen LogP contribution in [0.15, 0.2) is 29.2 Å². The minimum absolute atomic E-state index is 0.0475. The summed E-state index contributed by atoms with van der Waals surface area (Å²) < 4.78 is 51.0. The summed E-state index contributed by atoms with van der Waals surface area (Å²) in [6.45, 7) is 3.55. The normalized spacial score (nSPS) is 21.1. The van der Waals surface area contributed by atoms with E-state index in [-0.39, 0.29) is 22.4 Å². The Kier molecular flexibility index (Phi) is 6.94. The molecule has 28 heavy (non-hydrogen) atoms. The summed E-state index contributed by atoms with van der Waals surface area (Å²) in [5.41, 5.74) is 0.235. The van der Waals surface area contributed by atoms with Crippen LogP contribution in [0.4, 0.5) is 0 Å². The van der Waals surface area contributed by atoms with Crippen molar-refractivity contribution in [1.29, 1.82) is 0 Å². The van der Waals surface area contributed by atoms with Crippen molar-refractivity contribution in [3.8, 4) is 0 Å². The average molecular weight is 431 g/mol. The summed E-state index contributed by atoms with van der Waals surface area (Å²) in [7, 11) is -3.90. The zero-order valence-corrected chi connectivity index (χ0v) is 18.8. The first kappa shape index (κ1) is 22.8. The molecule has 2 rings (SSSR count). The van der Waals surface area contributed by atoms with E-state index in [1.807, 2.05) is 0 Å². The number of hydrogen-bond donors (Lipinski definition) is 0. The van der Waals surface area contributed by atoms with Crippen molar-refractivity contribution in [1.82, 2.24) is 9.21 Å². The van der Waals surface area contributed by atoms with E-state index in [2.05, 4.69) is 0 Å². The molecule has 0 bridgehead atoms. The molecular weight excluding hydrogens is 400 g/mol. The van der Waals surface area contributed by atoms with Crippen molar-refractivity contribution < 1.29 is 21.6 Å². The third-order valence-electron chi connectivity index (χ3n) is 5.52. The zero-order chi connectivity index (χ0) is 21.3. The van der Waals surface area contributed by atoms with Crippen LogP contribution in [0.3, 0.4) is 0 Å². The van der Waals surface area contributed by atoms with Gasteiger partial charge in [-0.05, 0) is 44.9 Å². The quantitative estimate of drug-likeness (QED) is 0.689. The molecule has 1 amide bonds. The highest BCUT2D eigenvalue weighted by Crippen LogP contribution is 2.28. The highest BCUT2D eigenvalue weighted by atomic mass is 32.2. The number of carbonyl (C=O) groups is 1.